The summed E-state index contributed by atoms with van der Waals surface area (Å²) in [5.41, 5.74) is 6.93. The zero-order chi connectivity index (χ0) is 7.98. The lowest BCUT2D eigenvalue weighted by atomic mass is 10.2. The number of hydrogen-bond donors (Lipinski definition) is 2. The fourth-order valence-electron chi connectivity index (χ4n) is 0.475. The van der Waals surface area contributed by atoms with Crippen molar-refractivity contribution in [3.05, 3.63) is 12.2 Å². The molecule has 10 heavy (non-hydrogen) atoms. The summed E-state index contributed by atoms with van der Waals surface area (Å²) in [6, 6.07) is -0.636. The van der Waals surface area contributed by atoms with E-state index in [0.29, 0.717) is 13.0 Å². The van der Waals surface area contributed by atoms with Gasteiger partial charge in [-0.15, -0.1) is 0 Å². The molecule has 6 N–H and O–H groups in total. The molecule has 4 heteroatoms. The fraction of sp³-hybridized carbons (Fsp3) is 0.500. The fourth-order valence-corrected chi connectivity index (χ4v) is 0.475. The van der Waals surface area contributed by atoms with Crippen LogP contribution in [0.4, 0.5) is 0 Å². The van der Waals surface area contributed by atoms with Crippen molar-refractivity contribution in [2.24, 2.45) is 0 Å². The van der Waals surface area contributed by atoms with Gasteiger partial charge in [0, 0.05) is 6.42 Å². The number of quaternary nitrogens is 2. The molecule has 0 heterocycles. The second-order valence-electron chi connectivity index (χ2n) is 2.01. The average molecular weight is 145 g/mol. The van der Waals surface area contributed by atoms with Crippen LogP contribution in [0.15, 0.2) is 12.2 Å². The molecule has 0 amide bonds. The van der Waals surface area contributed by atoms with Crippen LogP contribution in [0.2, 0.25) is 0 Å². The SMILES string of the molecule is [NH3+]C/C=C/CC([NH3+])C(=O)[O-]. The Balaban J connectivity index is 3.48. The Morgan fingerprint density at radius 1 is 1.60 bits per heavy atom. The molecule has 0 fully saturated rings. The van der Waals surface area contributed by atoms with Crippen molar-refractivity contribution in [2.75, 3.05) is 6.54 Å². The number of rotatable bonds is 4. The van der Waals surface area contributed by atoms with Crippen LogP contribution in [0.1, 0.15) is 6.42 Å². The maximum atomic E-state index is 10.1. The molecule has 1 atom stereocenters. The van der Waals surface area contributed by atoms with Gasteiger partial charge in [0.2, 0.25) is 0 Å². The second kappa shape index (κ2) is 4.96. The third-order valence-corrected chi connectivity index (χ3v) is 1.09. The lowest BCUT2D eigenvalue weighted by Crippen LogP contribution is -2.68. The Kier molecular flexibility index (Phi) is 4.53. The van der Waals surface area contributed by atoms with Gasteiger partial charge in [-0.25, -0.2) is 0 Å². The molecule has 1 unspecified atom stereocenters. The van der Waals surface area contributed by atoms with E-state index in [9.17, 15) is 9.90 Å². The van der Waals surface area contributed by atoms with Crippen molar-refractivity contribution in [1.29, 1.82) is 0 Å². The van der Waals surface area contributed by atoms with E-state index in [1.54, 1.807) is 12.2 Å². The maximum absolute atomic E-state index is 10.1. The third kappa shape index (κ3) is 4.05. The minimum Gasteiger partial charge on any atom is -0.544 e. The largest absolute Gasteiger partial charge is 0.544 e. The highest BCUT2D eigenvalue weighted by atomic mass is 16.4. The predicted molar refractivity (Wildman–Crippen MR) is 33.2 cm³/mol. The van der Waals surface area contributed by atoms with Gasteiger partial charge in [0.25, 0.3) is 0 Å². The van der Waals surface area contributed by atoms with Gasteiger partial charge in [-0.05, 0) is 6.08 Å². The summed E-state index contributed by atoms with van der Waals surface area (Å²) in [5, 5.41) is 10.1. The number of carbonyl (C=O) groups excluding carboxylic acids is 1. The zero-order valence-corrected chi connectivity index (χ0v) is 5.88. The van der Waals surface area contributed by atoms with Crippen LogP contribution < -0.4 is 16.6 Å². The Bertz CT molecular complexity index is 134. The van der Waals surface area contributed by atoms with Gasteiger partial charge >= 0.3 is 0 Å². The molecule has 0 spiro atoms. The van der Waals surface area contributed by atoms with Crippen molar-refractivity contribution in [3.8, 4) is 0 Å². The minimum atomic E-state index is -1.10. The average Bonchev–Trinajstić information content (AvgIpc) is 1.88. The number of carboxylic acids is 1. The molecular formula is C6H13N2O2+. The summed E-state index contributed by atoms with van der Waals surface area (Å²) >= 11 is 0. The number of carboxylic acid groups (broad SMARTS) is 1. The molecule has 0 aliphatic carbocycles. The number of aliphatic carboxylic acids is 1. The standard InChI is InChI=1S/C6H12N2O2/c7-4-2-1-3-5(8)6(9)10/h1-2,5H,3-4,7-8H2,(H,9,10)/p+1/b2-1+. The second-order valence-corrected chi connectivity index (χ2v) is 2.01. The Labute approximate surface area is 59.5 Å². The highest BCUT2D eigenvalue weighted by molar-refractivity contribution is 5.69. The highest BCUT2D eigenvalue weighted by Crippen LogP contribution is 1.84. The topological polar surface area (TPSA) is 95.4 Å². The monoisotopic (exact) mass is 145 g/mol. The van der Waals surface area contributed by atoms with E-state index in [-0.39, 0.29) is 0 Å². The molecule has 0 aromatic rings. The molecule has 0 saturated heterocycles. The van der Waals surface area contributed by atoms with Crippen molar-refractivity contribution in [1.82, 2.24) is 0 Å². The summed E-state index contributed by atoms with van der Waals surface area (Å²) in [6.07, 6.45) is 3.99. The summed E-state index contributed by atoms with van der Waals surface area (Å²) < 4.78 is 0. The molecule has 0 aromatic carbocycles. The van der Waals surface area contributed by atoms with E-state index >= 15 is 0 Å². The third-order valence-electron chi connectivity index (χ3n) is 1.09. The van der Waals surface area contributed by atoms with E-state index in [4.69, 9.17) is 0 Å². The van der Waals surface area contributed by atoms with Crippen LogP contribution in [0.25, 0.3) is 0 Å². The van der Waals surface area contributed by atoms with Gasteiger partial charge in [-0.2, -0.15) is 0 Å². The van der Waals surface area contributed by atoms with E-state index in [1.165, 1.54) is 0 Å². The van der Waals surface area contributed by atoms with E-state index in [0.717, 1.165) is 0 Å². The molecule has 0 aromatic heterocycles. The quantitative estimate of drug-likeness (QED) is 0.402. The van der Waals surface area contributed by atoms with E-state index < -0.39 is 12.0 Å². The first-order valence-electron chi connectivity index (χ1n) is 3.16. The summed E-state index contributed by atoms with van der Waals surface area (Å²) in [5.74, 6) is -1.10. The van der Waals surface area contributed by atoms with Gasteiger partial charge in [0.1, 0.15) is 6.04 Å². The summed E-state index contributed by atoms with van der Waals surface area (Å²) in [7, 11) is 0. The van der Waals surface area contributed by atoms with Crippen LogP contribution in [-0.4, -0.2) is 18.6 Å². The molecule has 0 radical (unpaired) electrons. The Morgan fingerprint density at radius 3 is 2.60 bits per heavy atom. The van der Waals surface area contributed by atoms with Crippen LogP contribution in [0.5, 0.6) is 0 Å². The molecule has 0 aliphatic rings. The Hall–Kier alpha value is -0.870. The molecule has 0 saturated carbocycles. The van der Waals surface area contributed by atoms with Gasteiger partial charge in [-0.3, -0.25) is 0 Å². The van der Waals surface area contributed by atoms with E-state index in [2.05, 4.69) is 11.5 Å². The first kappa shape index (κ1) is 9.13. The minimum absolute atomic E-state index is 0.428. The van der Waals surface area contributed by atoms with Gasteiger partial charge in [0.05, 0.1) is 12.5 Å². The normalized spacial score (nSPS) is 13.8. The molecule has 4 nitrogen and oxygen atoms in total. The van der Waals surface area contributed by atoms with Crippen LogP contribution in [0.3, 0.4) is 0 Å². The smallest absolute Gasteiger partial charge is 0.128 e. The van der Waals surface area contributed by atoms with Gasteiger partial charge in [-0.1, -0.05) is 6.08 Å². The van der Waals surface area contributed by atoms with Crippen molar-refractivity contribution < 1.29 is 21.4 Å². The first-order chi connectivity index (χ1) is 4.68. The van der Waals surface area contributed by atoms with Crippen LogP contribution in [0, 0.1) is 0 Å². The van der Waals surface area contributed by atoms with Crippen LogP contribution >= 0.6 is 0 Å². The number of carbonyl (C=O) groups is 1. The molecule has 58 valence electrons. The Morgan fingerprint density at radius 2 is 2.20 bits per heavy atom. The van der Waals surface area contributed by atoms with Crippen molar-refractivity contribution in [3.63, 3.8) is 0 Å². The summed E-state index contributed by atoms with van der Waals surface area (Å²) in [6.45, 7) is 0.680. The van der Waals surface area contributed by atoms with E-state index in [1.807, 2.05) is 0 Å². The highest BCUT2D eigenvalue weighted by Gasteiger charge is 2.02. The predicted octanol–water partition coefficient (Wildman–Crippen LogP) is -3.46. The molecule has 0 rings (SSSR count). The summed E-state index contributed by atoms with van der Waals surface area (Å²) in [4.78, 5) is 10.1. The van der Waals surface area contributed by atoms with Crippen molar-refractivity contribution in [2.45, 2.75) is 12.5 Å². The van der Waals surface area contributed by atoms with Gasteiger partial charge < -0.3 is 21.4 Å². The lowest BCUT2D eigenvalue weighted by Gasteiger charge is -2.04. The number of hydrogen-bond acceptors (Lipinski definition) is 2. The van der Waals surface area contributed by atoms with Gasteiger partial charge in [0.15, 0.2) is 0 Å². The molecular weight excluding hydrogens is 132 g/mol. The first-order valence-corrected chi connectivity index (χ1v) is 3.16. The molecule has 0 aliphatic heterocycles. The zero-order valence-electron chi connectivity index (χ0n) is 5.88. The maximum Gasteiger partial charge on any atom is 0.128 e. The lowest BCUT2D eigenvalue weighted by molar-refractivity contribution is -0.436. The van der Waals surface area contributed by atoms with Crippen molar-refractivity contribution >= 4 is 5.97 Å². The molecule has 0 bridgehead atoms. The van der Waals surface area contributed by atoms with Crippen LogP contribution in [-0.2, 0) is 4.79 Å².